The smallest absolute Gasteiger partial charge is 0.232 e. The number of anilines is 1. The van der Waals surface area contributed by atoms with Crippen LogP contribution >= 0.6 is 11.8 Å². The van der Waals surface area contributed by atoms with Crippen LogP contribution in [-0.2, 0) is 10.5 Å². The zero-order valence-electron chi connectivity index (χ0n) is 16.2. The minimum Gasteiger partial charge on any atom is -0.497 e. The standard InChI is InChI=1S/C21H24N4O2S/c1-16-5-3-4-6-19(16)25-20(24-11-13-27-14-12-24)22-23-21(25)28-15-17-7-9-18(26-2)10-8-17/h3-10H,11-15H2,1-2H3. The highest BCUT2D eigenvalue weighted by molar-refractivity contribution is 7.98. The zero-order valence-corrected chi connectivity index (χ0v) is 17.0. The van der Waals surface area contributed by atoms with Crippen molar-refractivity contribution in [3.05, 3.63) is 59.7 Å². The summed E-state index contributed by atoms with van der Waals surface area (Å²) in [5.41, 5.74) is 3.53. The van der Waals surface area contributed by atoms with E-state index in [2.05, 4.69) is 63.0 Å². The molecule has 1 aliphatic rings. The number of hydrogen-bond donors (Lipinski definition) is 0. The van der Waals surface area contributed by atoms with Crippen molar-refractivity contribution in [2.45, 2.75) is 17.8 Å². The predicted molar refractivity (Wildman–Crippen MR) is 112 cm³/mol. The molecule has 0 radical (unpaired) electrons. The number of aromatic nitrogens is 3. The number of aryl methyl sites for hydroxylation is 1. The average molecular weight is 397 g/mol. The van der Waals surface area contributed by atoms with Gasteiger partial charge in [-0.1, -0.05) is 42.1 Å². The molecule has 1 aliphatic heterocycles. The Morgan fingerprint density at radius 2 is 1.79 bits per heavy atom. The Balaban J connectivity index is 1.64. The topological polar surface area (TPSA) is 52.4 Å². The van der Waals surface area contributed by atoms with Crippen LogP contribution in [0.1, 0.15) is 11.1 Å². The van der Waals surface area contributed by atoms with Crippen LogP contribution in [0.15, 0.2) is 53.7 Å². The molecule has 4 rings (SSSR count). The third-order valence-corrected chi connectivity index (χ3v) is 5.79. The monoisotopic (exact) mass is 396 g/mol. The maximum Gasteiger partial charge on any atom is 0.232 e. The number of para-hydroxylation sites is 1. The Morgan fingerprint density at radius 1 is 1.04 bits per heavy atom. The molecule has 7 heteroatoms. The maximum absolute atomic E-state index is 5.51. The van der Waals surface area contributed by atoms with E-state index in [9.17, 15) is 0 Å². The summed E-state index contributed by atoms with van der Waals surface area (Å²) in [7, 11) is 1.68. The van der Waals surface area contributed by atoms with Crippen molar-refractivity contribution in [3.8, 4) is 11.4 Å². The lowest BCUT2D eigenvalue weighted by atomic mass is 10.2. The first-order valence-corrected chi connectivity index (χ1v) is 10.3. The van der Waals surface area contributed by atoms with Crippen LogP contribution in [0.2, 0.25) is 0 Å². The van der Waals surface area contributed by atoms with E-state index in [-0.39, 0.29) is 0 Å². The van der Waals surface area contributed by atoms with Gasteiger partial charge < -0.3 is 14.4 Å². The number of thioether (sulfide) groups is 1. The van der Waals surface area contributed by atoms with Crippen molar-refractivity contribution in [2.24, 2.45) is 0 Å². The summed E-state index contributed by atoms with van der Waals surface area (Å²) in [5, 5.41) is 9.96. The van der Waals surface area contributed by atoms with Crippen LogP contribution in [0, 0.1) is 6.92 Å². The zero-order chi connectivity index (χ0) is 19.3. The van der Waals surface area contributed by atoms with Gasteiger partial charge in [0, 0.05) is 18.8 Å². The van der Waals surface area contributed by atoms with E-state index in [0.29, 0.717) is 0 Å². The quantitative estimate of drug-likeness (QED) is 0.592. The predicted octanol–water partition coefficient (Wildman–Crippen LogP) is 3.71. The van der Waals surface area contributed by atoms with Crippen LogP contribution in [0.4, 0.5) is 5.95 Å². The van der Waals surface area contributed by atoms with Crippen LogP contribution in [-0.4, -0.2) is 48.2 Å². The van der Waals surface area contributed by atoms with Crippen molar-refractivity contribution in [3.63, 3.8) is 0 Å². The summed E-state index contributed by atoms with van der Waals surface area (Å²) in [6, 6.07) is 16.5. The lowest BCUT2D eigenvalue weighted by Gasteiger charge is -2.28. The highest BCUT2D eigenvalue weighted by Crippen LogP contribution is 2.30. The van der Waals surface area contributed by atoms with Gasteiger partial charge in [-0.15, -0.1) is 10.2 Å². The highest BCUT2D eigenvalue weighted by atomic mass is 32.2. The van der Waals surface area contributed by atoms with Crippen LogP contribution in [0.25, 0.3) is 5.69 Å². The largest absolute Gasteiger partial charge is 0.497 e. The molecule has 0 amide bonds. The van der Waals surface area contributed by atoms with E-state index in [1.807, 2.05) is 12.1 Å². The Labute approximate surface area is 169 Å². The molecule has 2 heterocycles. The van der Waals surface area contributed by atoms with Crippen molar-refractivity contribution in [1.29, 1.82) is 0 Å². The van der Waals surface area contributed by atoms with Gasteiger partial charge in [0.15, 0.2) is 5.16 Å². The molecule has 0 unspecified atom stereocenters. The van der Waals surface area contributed by atoms with E-state index in [4.69, 9.17) is 9.47 Å². The SMILES string of the molecule is COc1ccc(CSc2nnc(N3CCOCC3)n2-c2ccccc2C)cc1. The molecular weight excluding hydrogens is 372 g/mol. The van der Waals surface area contributed by atoms with Crippen LogP contribution < -0.4 is 9.64 Å². The first kappa shape index (κ1) is 18.8. The molecule has 28 heavy (non-hydrogen) atoms. The van der Waals surface area contributed by atoms with Crippen molar-refractivity contribution < 1.29 is 9.47 Å². The fraction of sp³-hybridized carbons (Fsp3) is 0.333. The van der Waals surface area contributed by atoms with E-state index in [0.717, 1.165) is 54.6 Å². The third-order valence-electron chi connectivity index (χ3n) is 4.79. The second-order valence-corrected chi connectivity index (χ2v) is 7.58. The molecule has 146 valence electrons. The second-order valence-electron chi connectivity index (χ2n) is 6.64. The number of hydrogen-bond acceptors (Lipinski definition) is 6. The fourth-order valence-corrected chi connectivity index (χ4v) is 4.11. The van der Waals surface area contributed by atoms with E-state index >= 15 is 0 Å². The molecular formula is C21H24N4O2S. The van der Waals surface area contributed by atoms with Gasteiger partial charge in [0.1, 0.15) is 5.75 Å². The first-order chi connectivity index (χ1) is 13.8. The molecule has 6 nitrogen and oxygen atoms in total. The second kappa shape index (κ2) is 8.67. The molecule has 1 fully saturated rings. The van der Waals surface area contributed by atoms with E-state index in [1.54, 1.807) is 18.9 Å². The summed E-state index contributed by atoms with van der Waals surface area (Å²) in [6.07, 6.45) is 0. The lowest BCUT2D eigenvalue weighted by Crippen LogP contribution is -2.38. The van der Waals surface area contributed by atoms with Gasteiger partial charge in [0.05, 0.1) is 26.0 Å². The Hall–Kier alpha value is -2.51. The number of nitrogens with zero attached hydrogens (tertiary/aromatic N) is 4. The molecule has 0 bridgehead atoms. The van der Waals surface area contributed by atoms with Gasteiger partial charge in [0.2, 0.25) is 5.95 Å². The van der Waals surface area contributed by atoms with Crippen LogP contribution in [0.5, 0.6) is 5.75 Å². The number of rotatable bonds is 6. The summed E-state index contributed by atoms with van der Waals surface area (Å²) in [6.45, 7) is 5.21. The van der Waals surface area contributed by atoms with Crippen molar-refractivity contribution in [2.75, 3.05) is 38.3 Å². The maximum atomic E-state index is 5.51. The lowest BCUT2D eigenvalue weighted by molar-refractivity contribution is 0.122. The summed E-state index contributed by atoms with van der Waals surface area (Å²) in [4.78, 5) is 2.25. The molecule has 1 aromatic heterocycles. The molecule has 0 saturated carbocycles. The number of ether oxygens (including phenoxy) is 2. The Kier molecular flexibility index (Phi) is 5.83. The van der Waals surface area contributed by atoms with Gasteiger partial charge in [-0.05, 0) is 36.2 Å². The first-order valence-electron chi connectivity index (χ1n) is 9.36. The van der Waals surface area contributed by atoms with E-state index < -0.39 is 0 Å². The number of benzene rings is 2. The molecule has 1 saturated heterocycles. The highest BCUT2D eigenvalue weighted by Gasteiger charge is 2.22. The molecule has 0 atom stereocenters. The van der Waals surface area contributed by atoms with Crippen molar-refractivity contribution >= 4 is 17.7 Å². The molecule has 2 aromatic carbocycles. The van der Waals surface area contributed by atoms with Gasteiger partial charge in [-0.2, -0.15) is 0 Å². The summed E-state index contributed by atoms with van der Waals surface area (Å²) < 4.78 is 12.9. The summed E-state index contributed by atoms with van der Waals surface area (Å²) in [5.74, 6) is 2.57. The minimum absolute atomic E-state index is 0.717. The van der Waals surface area contributed by atoms with Gasteiger partial charge in [0.25, 0.3) is 0 Å². The van der Waals surface area contributed by atoms with Gasteiger partial charge in [-0.3, -0.25) is 4.57 Å². The molecule has 0 spiro atoms. The minimum atomic E-state index is 0.717. The molecule has 3 aromatic rings. The number of morpholine rings is 1. The van der Waals surface area contributed by atoms with Gasteiger partial charge in [-0.25, -0.2) is 0 Å². The number of methoxy groups -OCH3 is 1. The summed E-state index contributed by atoms with van der Waals surface area (Å²) >= 11 is 1.69. The van der Waals surface area contributed by atoms with Crippen LogP contribution in [0.3, 0.4) is 0 Å². The van der Waals surface area contributed by atoms with Crippen molar-refractivity contribution in [1.82, 2.24) is 14.8 Å². The fourth-order valence-electron chi connectivity index (χ4n) is 3.22. The molecule has 0 N–H and O–H groups in total. The van der Waals surface area contributed by atoms with Gasteiger partial charge >= 0.3 is 0 Å². The average Bonchev–Trinajstić information content (AvgIpc) is 3.17. The Bertz CT molecular complexity index is 920. The van der Waals surface area contributed by atoms with E-state index in [1.165, 1.54) is 11.1 Å². The normalized spacial score (nSPS) is 14.3. The Morgan fingerprint density at radius 3 is 2.50 bits per heavy atom. The molecule has 0 aliphatic carbocycles. The third kappa shape index (κ3) is 4.00.